The van der Waals surface area contributed by atoms with Crippen LogP contribution in [0.1, 0.15) is 56.7 Å². The Morgan fingerprint density at radius 1 is 1.23 bits per heavy atom. The van der Waals surface area contributed by atoms with E-state index < -0.39 is 0 Å². The van der Waals surface area contributed by atoms with Crippen molar-refractivity contribution in [3.63, 3.8) is 0 Å². The Balaban J connectivity index is 2.47. The van der Waals surface area contributed by atoms with Crippen LogP contribution in [0.15, 0.2) is 17.5 Å². The minimum Gasteiger partial charge on any atom is -0.149 e. The fourth-order valence-electron chi connectivity index (χ4n) is 1.75. The summed E-state index contributed by atoms with van der Waals surface area (Å²) in [6.45, 7) is 4.56. The van der Waals surface area contributed by atoms with Crippen LogP contribution >= 0.6 is 11.3 Å². The number of hydrogen-bond donors (Lipinski definition) is 0. The van der Waals surface area contributed by atoms with Gasteiger partial charge in [0.1, 0.15) is 0 Å². The molecule has 13 heavy (non-hydrogen) atoms. The van der Waals surface area contributed by atoms with E-state index in [1.807, 2.05) is 11.3 Å². The fraction of sp³-hybridized carbons (Fsp3) is 0.667. The first-order valence-electron chi connectivity index (χ1n) is 5.41. The Labute approximate surface area is 86.0 Å². The summed E-state index contributed by atoms with van der Waals surface area (Å²) in [6.07, 6.45) is 6.76. The molecule has 0 nitrogen and oxygen atoms in total. The molecule has 0 saturated carbocycles. The molecule has 1 heterocycles. The first-order chi connectivity index (χ1) is 6.38. The van der Waals surface area contributed by atoms with Gasteiger partial charge in [-0.1, -0.05) is 39.2 Å². The van der Waals surface area contributed by atoms with Crippen molar-refractivity contribution in [3.8, 4) is 0 Å². The van der Waals surface area contributed by atoms with Crippen molar-refractivity contribution in [1.82, 2.24) is 0 Å². The van der Waals surface area contributed by atoms with Gasteiger partial charge in [0.25, 0.3) is 0 Å². The average Bonchev–Trinajstić information content (AvgIpc) is 2.65. The van der Waals surface area contributed by atoms with E-state index >= 15 is 0 Å². The highest BCUT2D eigenvalue weighted by molar-refractivity contribution is 7.10. The van der Waals surface area contributed by atoms with Gasteiger partial charge in [-0.05, 0) is 30.2 Å². The maximum atomic E-state index is 2.29. The molecule has 1 aromatic heterocycles. The summed E-state index contributed by atoms with van der Waals surface area (Å²) in [7, 11) is 0. The van der Waals surface area contributed by atoms with Gasteiger partial charge in [0, 0.05) is 4.88 Å². The molecule has 0 aliphatic carbocycles. The van der Waals surface area contributed by atoms with E-state index in [2.05, 4.69) is 31.4 Å². The lowest BCUT2D eigenvalue weighted by atomic mass is 9.96. The summed E-state index contributed by atoms with van der Waals surface area (Å²) in [5, 5.41) is 2.20. The van der Waals surface area contributed by atoms with Gasteiger partial charge in [-0.15, -0.1) is 11.3 Å². The normalized spacial score (nSPS) is 13.1. The van der Waals surface area contributed by atoms with Gasteiger partial charge >= 0.3 is 0 Å². The van der Waals surface area contributed by atoms with Gasteiger partial charge in [0.15, 0.2) is 0 Å². The molecule has 1 rings (SSSR count). The van der Waals surface area contributed by atoms with Crippen LogP contribution < -0.4 is 0 Å². The van der Waals surface area contributed by atoms with Crippen LogP contribution in [-0.2, 0) is 0 Å². The zero-order valence-corrected chi connectivity index (χ0v) is 9.57. The first kappa shape index (κ1) is 10.8. The third-order valence-corrected chi connectivity index (χ3v) is 3.52. The predicted octanol–water partition coefficient (Wildman–Crippen LogP) is 4.82. The highest BCUT2D eigenvalue weighted by atomic mass is 32.1. The molecule has 0 aliphatic rings. The minimum atomic E-state index is 0.838. The molecular weight excluding hydrogens is 176 g/mol. The van der Waals surface area contributed by atoms with Crippen LogP contribution in [0.3, 0.4) is 0 Å². The highest BCUT2D eigenvalue weighted by Gasteiger charge is 2.10. The smallest absolute Gasteiger partial charge is 0.00761 e. The van der Waals surface area contributed by atoms with Gasteiger partial charge in [0.05, 0.1) is 0 Å². The lowest BCUT2D eigenvalue weighted by molar-refractivity contribution is 0.548. The topological polar surface area (TPSA) is 0 Å². The highest BCUT2D eigenvalue weighted by Crippen LogP contribution is 2.30. The third-order valence-electron chi connectivity index (χ3n) is 2.49. The summed E-state index contributed by atoms with van der Waals surface area (Å²) in [5.74, 6) is 0.838. The monoisotopic (exact) mass is 196 g/mol. The number of unbranched alkanes of at least 4 members (excludes halogenated alkanes) is 1. The van der Waals surface area contributed by atoms with Gasteiger partial charge in [-0.3, -0.25) is 0 Å². The minimum absolute atomic E-state index is 0.838. The third kappa shape index (κ3) is 3.51. The van der Waals surface area contributed by atoms with Crippen molar-refractivity contribution in [2.45, 2.75) is 51.9 Å². The molecule has 0 spiro atoms. The molecule has 1 unspecified atom stereocenters. The van der Waals surface area contributed by atoms with E-state index in [-0.39, 0.29) is 0 Å². The summed E-state index contributed by atoms with van der Waals surface area (Å²) in [5.41, 5.74) is 0. The van der Waals surface area contributed by atoms with Crippen LogP contribution in [0.4, 0.5) is 0 Å². The number of rotatable bonds is 6. The van der Waals surface area contributed by atoms with Gasteiger partial charge in [-0.25, -0.2) is 0 Å². The molecule has 1 atom stereocenters. The van der Waals surface area contributed by atoms with E-state index in [0.717, 1.165) is 5.92 Å². The molecule has 0 saturated heterocycles. The Morgan fingerprint density at radius 3 is 2.62 bits per heavy atom. The lowest BCUT2D eigenvalue weighted by Gasteiger charge is -2.13. The van der Waals surface area contributed by atoms with Gasteiger partial charge in [-0.2, -0.15) is 0 Å². The molecular formula is C12H20S. The number of hydrogen-bond acceptors (Lipinski definition) is 1. The van der Waals surface area contributed by atoms with Crippen LogP contribution in [-0.4, -0.2) is 0 Å². The van der Waals surface area contributed by atoms with E-state index in [4.69, 9.17) is 0 Å². The fourth-order valence-corrected chi connectivity index (χ4v) is 2.65. The predicted molar refractivity (Wildman–Crippen MR) is 61.5 cm³/mol. The summed E-state index contributed by atoms with van der Waals surface area (Å²) < 4.78 is 0. The quantitative estimate of drug-likeness (QED) is 0.612. The van der Waals surface area contributed by atoms with Gasteiger partial charge in [0.2, 0.25) is 0 Å². The summed E-state index contributed by atoms with van der Waals surface area (Å²) in [4.78, 5) is 1.59. The Kier molecular flexibility index (Phi) is 5.14. The average molecular weight is 196 g/mol. The van der Waals surface area contributed by atoms with Crippen molar-refractivity contribution in [3.05, 3.63) is 22.4 Å². The van der Waals surface area contributed by atoms with E-state index in [9.17, 15) is 0 Å². The van der Waals surface area contributed by atoms with Crippen LogP contribution in [0.5, 0.6) is 0 Å². The van der Waals surface area contributed by atoms with Crippen molar-refractivity contribution in [2.24, 2.45) is 0 Å². The maximum absolute atomic E-state index is 2.29. The Morgan fingerprint density at radius 2 is 2.08 bits per heavy atom. The molecule has 0 amide bonds. The van der Waals surface area contributed by atoms with Crippen molar-refractivity contribution >= 4 is 11.3 Å². The van der Waals surface area contributed by atoms with Crippen molar-refractivity contribution < 1.29 is 0 Å². The second-order valence-corrected chi connectivity index (χ2v) is 4.62. The molecule has 0 aliphatic heterocycles. The number of thiophene rings is 1. The molecule has 0 aromatic carbocycles. The zero-order chi connectivity index (χ0) is 9.52. The SMILES string of the molecule is CCCCC(CCC)c1cccs1. The van der Waals surface area contributed by atoms with Crippen molar-refractivity contribution in [2.75, 3.05) is 0 Å². The molecule has 1 aromatic rings. The Hall–Kier alpha value is -0.300. The lowest BCUT2D eigenvalue weighted by Crippen LogP contribution is -1.95. The van der Waals surface area contributed by atoms with Crippen LogP contribution in [0.2, 0.25) is 0 Å². The second-order valence-electron chi connectivity index (χ2n) is 3.64. The van der Waals surface area contributed by atoms with Crippen LogP contribution in [0.25, 0.3) is 0 Å². The zero-order valence-electron chi connectivity index (χ0n) is 8.75. The molecule has 0 N–H and O–H groups in total. The second kappa shape index (κ2) is 6.20. The van der Waals surface area contributed by atoms with E-state index in [1.165, 1.54) is 32.1 Å². The molecule has 1 heteroatoms. The van der Waals surface area contributed by atoms with E-state index in [1.54, 1.807) is 4.88 Å². The standard InChI is InChI=1S/C12H20S/c1-3-5-8-11(7-4-2)12-9-6-10-13-12/h6,9-11H,3-5,7-8H2,1-2H3. The molecule has 0 bridgehead atoms. The summed E-state index contributed by atoms with van der Waals surface area (Å²) in [6, 6.07) is 4.47. The molecule has 74 valence electrons. The van der Waals surface area contributed by atoms with Crippen molar-refractivity contribution in [1.29, 1.82) is 0 Å². The first-order valence-corrected chi connectivity index (χ1v) is 6.29. The van der Waals surface area contributed by atoms with Gasteiger partial charge < -0.3 is 0 Å². The molecule has 0 radical (unpaired) electrons. The molecule has 0 fully saturated rings. The van der Waals surface area contributed by atoms with Crippen LogP contribution in [0, 0.1) is 0 Å². The Bertz CT molecular complexity index is 201. The van der Waals surface area contributed by atoms with E-state index in [0.29, 0.717) is 0 Å². The maximum Gasteiger partial charge on any atom is 0.00761 e. The summed E-state index contributed by atoms with van der Waals surface area (Å²) >= 11 is 1.92. The largest absolute Gasteiger partial charge is 0.149 e.